The maximum absolute atomic E-state index is 5.38. The highest BCUT2D eigenvalue weighted by Gasteiger charge is 2.20. The summed E-state index contributed by atoms with van der Waals surface area (Å²) in [6.07, 6.45) is 0. The molecule has 0 aliphatic carbocycles. The van der Waals surface area contributed by atoms with E-state index in [2.05, 4.69) is 31.9 Å². The van der Waals surface area contributed by atoms with Crippen molar-refractivity contribution in [3.05, 3.63) is 38.5 Å². The highest BCUT2D eigenvalue weighted by molar-refractivity contribution is 9.11. The van der Waals surface area contributed by atoms with Crippen LogP contribution in [0.1, 0.15) is 15.3 Å². The summed E-state index contributed by atoms with van der Waals surface area (Å²) in [6.45, 7) is 0. The van der Waals surface area contributed by atoms with E-state index in [1.54, 1.807) is 32.7 Å². The first-order valence-electron chi connectivity index (χ1n) is 5.79. The van der Waals surface area contributed by atoms with E-state index in [4.69, 9.17) is 14.2 Å². The molecule has 0 bridgehead atoms. The van der Waals surface area contributed by atoms with Gasteiger partial charge in [-0.15, -0.1) is 11.3 Å². The van der Waals surface area contributed by atoms with Crippen LogP contribution < -0.4 is 14.2 Å². The fourth-order valence-electron chi connectivity index (χ4n) is 1.89. The van der Waals surface area contributed by atoms with E-state index >= 15 is 0 Å². The highest BCUT2D eigenvalue weighted by atomic mass is 79.9. The van der Waals surface area contributed by atoms with Crippen LogP contribution >= 0.6 is 43.2 Å². The van der Waals surface area contributed by atoms with Crippen LogP contribution in [0.15, 0.2) is 28.1 Å². The average molecular weight is 422 g/mol. The van der Waals surface area contributed by atoms with Gasteiger partial charge >= 0.3 is 0 Å². The fraction of sp³-hybridized carbons (Fsp3) is 0.286. The first kappa shape index (κ1) is 15.7. The largest absolute Gasteiger partial charge is 0.493 e. The molecule has 0 saturated carbocycles. The third-order valence-corrected chi connectivity index (χ3v) is 6.08. The molecule has 0 fully saturated rings. The number of benzene rings is 1. The lowest BCUT2D eigenvalue weighted by molar-refractivity contribution is 0.324. The predicted molar refractivity (Wildman–Crippen MR) is 88.9 cm³/mol. The van der Waals surface area contributed by atoms with Gasteiger partial charge in [0, 0.05) is 9.35 Å². The lowest BCUT2D eigenvalue weighted by Gasteiger charge is -2.16. The predicted octanol–water partition coefficient (Wildman–Crippen LogP) is 5.02. The SMILES string of the molecule is COc1cc(C(Br)c2sccc2Br)cc(OC)c1OC. The normalized spacial score (nSPS) is 12.1. The number of rotatable bonds is 5. The van der Waals surface area contributed by atoms with Crippen molar-refractivity contribution in [2.24, 2.45) is 0 Å². The second-order valence-corrected chi connectivity index (χ2v) is 6.67. The van der Waals surface area contributed by atoms with Gasteiger partial charge in [-0.05, 0) is 45.1 Å². The minimum atomic E-state index is 0.0607. The molecule has 1 heterocycles. The third kappa shape index (κ3) is 2.97. The van der Waals surface area contributed by atoms with Gasteiger partial charge in [-0.2, -0.15) is 0 Å². The summed E-state index contributed by atoms with van der Waals surface area (Å²) in [5.41, 5.74) is 1.04. The Morgan fingerprint density at radius 1 is 1.05 bits per heavy atom. The Morgan fingerprint density at radius 2 is 1.65 bits per heavy atom. The molecule has 2 aromatic rings. The molecule has 20 heavy (non-hydrogen) atoms. The van der Waals surface area contributed by atoms with Crippen molar-refractivity contribution in [1.82, 2.24) is 0 Å². The molecule has 1 unspecified atom stereocenters. The van der Waals surface area contributed by atoms with Crippen LogP contribution in [0.5, 0.6) is 17.2 Å². The quantitative estimate of drug-likeness (QED) is 0.634. The number of hydrogen-bond acceptors (Lipinski definition) is 4. The van der Waals surface area contributed by atoms with Gasteiger partial charge in [0.15, 0.2) is 11.5 Å². The highest BCUT2D eigenvalue weighted by Crippen LogP contribution is 2.45. The molecule has 1 atom stereocenters. The minimum absolute atomic E-state index is 0.0607. The summed E-state index contributed by atoms with van der Waals surface area (Å²) < 4.78 is 17.2. The zero-order chi connectivity index (χ0) is 14.7. The maximum atomic E-state index is 5.38. The molecule has 0 amide bonds. The summed E-state index contributed by atoms with van der Waals surface area (Å²) in [5.74, 6) is 1.90. The summed E-state index contributed by atoms with van der Waals surface area (Å²) >= 11 is 8.97. The standard InChI is InChI=1S/C14H14Br2O3S/c1-17-10-6-8(7-11(18-2)13(10)19-3)12(16)14-9(15)4-5-20-14/h4-7,12H,1-3H3. The minimum Gasteiger partial charge on any atom is -0.493 e. The van der Waals surface area contributed by atoms with Crippen molar-refractivity contribution < 1.29 is 14.2 Å². The third-order valence-electron chi connectivity index (χ3n) is 2.85. The monoisotopic (exact) mass is 420 g/mol. The first-order valence-corrected chi connectivity index (χ1v) is 8.38. The van der Waals surface area contributed by atoms with E-state index < -0.39 is 0 Å². The fourth-order valence-corrected chi connectivity index (χ4v) is 4.63. The Balaban J connectivity index is 2.49. The van der Waals surface area contributed by atoms with Gasteiger partial charge in [-0.3, -0.25) is 0 Å². The molecule has 3 nitrogen and oxygen atoms in total. The van der Waals surface area contributed by atoms with Crippen LogP contribution in [0.4, 0.5) is 0 Å². The van der Waals surface area contributed by atoms with Gasteiger partial charge in [0.2, 0.25) is 5.75 Å². The average Bonchev–Trinajstić information content (AvgIpc) is 2.90. The van der Waals surface area contributed by atoms with Gasteiger partial charge in [0.25, 0.3) is 0 Å². The Hall–Kier alpha value is -0.720. The van der Waals surface area contributed by atoms with Gasteiger partial charge in [-0.1, -0.05) is 15.9 Å². The molecule has 6 heteroatoms. The van der Waals surface area contributed by atoms with Crippen molar-refractivity contribution in [3.63, 3.8) is 0 Å². The zero-order valence-electron chi connectivity index (χ0n) is 11.3. The number of hydrogen-bond donors (Lipinski definition) is 0. The van der Waals surface area contributed by atoms with Crippen molar-refractivity contribution in [3.8, 4) is 17.2 Å². The number of alkyl halides is 1. The molecule has 0 aliphatic rings. The molecule has 1 aromatic carbocycles. The van der Waals surface area contributed by atoms with Crippen LogP contribution in [0.25, 0.3) is 0 Å². The molecule has 0 N–H and O–H groups in total. The molecule has 1 aromatic heterocycles. The van der Waals surface area contributed by atoms with Gasteiger partial charge in [-0.25, -0.2) is 0 Å². The topological polar surface area (TPSA) is 27.7 Å². The molecular weight excluding hydrogens is 408 g/mol. The molecule has 0 aliphatic heterocycles. The lowest BCUT2D eigenvalue weighted by atomic mass is 10.1. The van der Waals surface area contributed by atoms with E-state index in [0.29, 0.717) is 17.2 Å². The maximum Gasteiger partial charge on any atom is 0.203 e. The van der Waals surface area contributed by atoms with Crippen LogP contribution in [-0.4, -0.2) is 21.3 Å². The second-order valence-electron chi connectivity index (χ2n) is 3.95. The van der Waals surface area contributed by atoms with Gasteiger partial charge in [0.05, 0.1) is 26.2 Å². The summed E-state index contributed by atoms with van der Waals surface area (Å²) in [5, 5.41) is 2.05. The van der Waals surface area contributed by atoms with Crippen LogP contribution in [0, 0.1) is 0 Å². The van der Waals surface area contributed by atoms with Crippen molar-refractivity contribution in [2.75, 3.05) is 21.3 Å². The zero-order valence-corrected chi connectivity index (χ0v) is 15.3. The van der Waals surface area contributed by atoms with Crippen molar-refractivity contribution >= 4 is 43.2 Å². The number of methoxy groups -OCH3 is 3. The Labute approximate surface area is 139 Å². The molecule has 2 rings (SSSR count). The van der Waals surface area contributed by atoms with E-state index in [0.717, 1.165) is 10.0 Å². The Kier molecular flexibility index (Phi) is 5.35. The van der Waals surface area contributed by atoms with E-state index in [-0.39, 0.29) is 4.83 Å². The van der Waals surface area contributed by atoms with Crippen molar-refractivity contribution in [2.45, 2.75) is 4.83 Å². The smallest absolute Gasteiger partial charge is 0.203 e. The van der Waals surface area contributed by atoms with Crippen LogP contribution in [0.2, 0.25) is 0 Å². The van der Waals surface area contributed by atoms with Gasteiger partial charge in [0.1, 0.15) is 0 Å². The lowest BCUT2D eigenvalue weighted by Crippen LogP contribution is -1.98. The molecule has 0 saturated heterocycles. The van der Waals surface area contributed by atoms with E-state index in [1.807, 2.05) is 23.6 Å². The van der Waals surface area contributed by atoms with E-state index in [1.165, 1.54) is 4.88 Å². The number of ether oxygens (including phenoxy) is 3. The van der Waals surface area contributed by atoms with E-state index in [9.17, 15) is 0 Å². The molecular formula is C14H14Br2O3S. The Bertz CT molecular complexity index is 573. The Morgan fingerprint density at radius 3 is 2.05 bits per heavy atom. The second kappa shape index (κ2) is 6.83. The number of halogens is 2. The molecule has 0 spiro atoms. The molecule has 0 radical (unpaired) electrons. The van der Waals surface area contributed by atoms with Crippen molar-refractivity contribution in [1.29, 1.82) is 0 Å². The summed E-state index contributed by atoms with van der Waals surface area (Å²) in [4.78, 5) is 1.25. The first-order chi connectivity index (χ1) is 9.62. The summed E-state index contributed by atoms with van der Waals surface area (Å²) in [6, 6.07) is 5.94. The van der Waals surface area contributed by atoms with Crippen LogP contribution in [-0.2, 0) is 0 Å². The van der Waals surface area contributed by atoms with Gasteiger partial charge < -0.3 is 14.2 Å². The number of thiophene rings is 1. The summed E-state index contributed by atoms with van der Waals surface area (Å²) in [7, 11) is 4.83. The molecule has 108 valence electrons. The van der Waals surface area contributed by atoms with Crippen LogP contribution in [0.3, 0.4) is 0 Å².